The average molecular weight is 781 g/mol. The summed E-state index contributed by atoms with van der Waals surface area (Å²) in [5, 5.41) is 0. The van der Waals surface area contributed by atoms with Crippen LogP contribution in [0.4, 0.5) is 0 Å². The lowest BCUT2D eigenvalue weighted by atomic mass is 9.29. The lowest BCUT2D eigenvalue weighted by Crippen LogP contribution is -2.71. The number of hydrogen-bond acceptors (Lipinski definition) is 0. The van der Waals surface area contributed by atoms with Crippen LogP contribution in [-0.4, -0.2) is 0 Å². The zero-order valence-electron chi connectivity index (χ0n) is 34.7. The Kier molecular flexibility index (Phi) is 2.60. The summed E-state index contributed by atoms with van der Waals surface area (Å²) in [6.07, 6.45) is 1.96. The summed E-state index contributed by atoms with van der Waals surface area (Å²) in [4.78, 5) is 0. The Hall–Kier alpha value is 0. The van der Waals surface area contributed by atoms with Gasteiger partial charge >= 0.3 is 0 Å². The Bertz CT molecular complexity index is 2480. The molecule has 1 spiro atoms. The minimum atomic E-state index is 0.933. The SMILES string of the molecule is C1C2C3C4C5C6C2C2C7C8C6C6C5C5C9C%10C6C6C%11C%10C%10C%12C9C9C5C4C4C5C9C9C%12C%12C%10C%10C%11C%11C(C68)C7C6C7C%11C%10C8C%12C%10C9C5C5C9C%10C8C7C7C6C2C1(C5C34)C97. The fourth-order valence-corrected chi connectivity index (χ4v) is 46.4. The van der Waals surface area contributed by atoms with Crippen molar-refractivity contribution in [2.24, 2.45) is 349 Å². The minimum Gasteiger partial charge on any atom is -0.0433 e. The minimum absolute atomic E-state index is 0.933. The summed E-state index contributed by atoms with van der Waals surface area (Å²) >= 11 is 0. The first kappa shape index (κ1) is 25.8. The van der Waals surface area contributed by atoms with Crippen molar-refractivity contribution in [2.75, 3.05) is 0 Å². The van der Waals surface area contributed by atoms with Crippen molar-refractivity contribution >= 4 is 0 Å². The van der Waals surface area contributed by atoms with E-state index in [4.69, 9.17) is 0 Å². The monoisotopic (exact) mass is 780 g/mol. The molecule has 32 aliphatic rings. The summed E-state index contributed by atoms with van der Waals surface area (Å²) < 4.78 is 0. The van der Waals surface area contributed by atoms with Gasteiger partial charge in [-0.1, -0.05) is 0 Å². The van der Waals surface area contributed by atoms with Crippen LogP contribution in [0.5, 0.6) is 0 Å². The normalized spacial score (nSPS) is 108. The highest BCUT2D eigenvalue weighted by Gasteiger charge is 3.04. The maximum absolute atomic E-state index is 1.96. The zero-order valence-corrected chi connectivity index (χ0v) is 34.7. The Morgan fingerprint density at radius 3 is 0.417 bits per heavy atom. The van der Waals surface area contributed by atoms with E-state index >= 15 is 0 Å². The van der Waals surface area contributed by atoms with E-state index in [2.05, 4.69) is 0 Å². The van der Waals surface area contributed by atoms with E-state index in [1.54, 1.807) is 0 Å². The van der Waals surface area contributed by atoms with Crippen molar-refractivity contribution in [1.82, 2.24) is 0 Å². The Morgan fingerprint density at radius 1 is 0.133 bits per heavy atom. The quantitative estimate of drug-likeness (QED) is 0.239. The second-order valence-electron chi connectivity index (χ2n) is 34.7. The number of hydrogen-bond donors (Lipinski definition) is 0. The van der Waals surface area contributed by atoms with E-state index in [9.17, 15) is 0 Å². The molecule has 32 saturated carbocycles. The van der Waals surface area contributed by atoms with Crippen molar-refractivity contribution in [2.45, 2.75) is 6.42 Å². The van der Waals surface area contributed by atoms with E-state index in [1.165, 1.54) is 343 Å². The second-order valence-corrected chi connectivity index (χ2v) is 34.7. The highest BCUT2D eigenvalue weighted by molar-refractivity contribution is 5.50. The topological polar surface area (TPSA) is 0 Å². The van der Waals surface area contributed by atoms with Crippen LogP contribution in [0.2, 0.25) is 0 Å². The van der Waals surface area contributed by atoms with Crippen LogP contribution in [0.1, 0.15) is 6.42 Å². The Labute approximate surface area is 353 Å². The third-order valence-corrected chi connectivity index (χ3v) is 40.2. The van der Waals surface area contributed by atoms with E-state index < -0.39 is 0 Å². The molecule has 0 nitrogen and oxygen atoms in total. The molecule has 300 valence electrons. The Morgan fingerprint density at radius 2 is 0.250 bits per heavy atom. The van der Waals surface area contributed by atoms with Crippen LogP contribution in [0.3, 0.4) is 0 Å². The molecule has 0 saturated heterocycles. The van der Waals surface area contributed by atoms with Gasteiger partial charge in [-0.2, -0.15) is 0 Å². The van der Waals surface area contributed by atoms with Gasteiger partial charge in [-0.05, 0) is 355 Å². The maximum Gasteiger partial charge on any atom is -0.0193 e. The molecule has 59 unspecified atom stereocenters. The molecule has 32 rings (SSSR count). The molecule has 32 fully saturated rings. The third-order valence-electron chi connectivity index (χ3n) is 40.2. The smallest absolute Gasteiger partial charge is 0.0193 e. The molecule has 0 aromatic rings. The second kappa shape index (κ2) is 6.06. The van der Waals surface area contributed by atoms with Crippen molar-refractivity contribution in [3.63, 3.8) is 0 Å². The fourth-order valence-electron chi connectivity index (χ4n) is 46.4. The molecule has 0 amide bonds. The van der Waals surface area contributed by atoms with Gasteiger partial charge in [-0.3, -0.25) is 0 Å². The molecule has 0 heterocycles. The molecule has 59 atom stereocenters. The van der Waals surface area contributed by atoms with Gasteiger partial charge in [0.15, 0.2) is 0 Å². The highest BCUT2D eigenvalue weighted by atomic mass is 15.1. The van der Waals surface area contributed by atoms with E-state index in [1.807, 2.05) is 6.42 Å². The molecule has 2 bridgehead atoms. The van der Waals surface area contributed by atoms with Crippen molar-refractivity contribution < 1.29 is 0 Å². The van der Waals surface area contributed by atoms with Crippen molar-refractivity contribution in [3.05, 3.63) is 0 Å². The van der Waals surface area contributed by atoms with Gasteiger partial charge in [0.1, 0.15) is 0 Å². The molecule has 0 aliphatic heterocycles. The van der Waals surface area contributed by atoms with Gasteiger partial charge in [0, 0.05) is 0 Å². The molecule has 32 aliphatic carbocycles. The largest absolute Gasteiger partial charge is 0.0433 e. The molecular formula is C60H60. The van der Waals surface area contributed by atoms with Crippen LogP contribution in [0, 0.1) is 349 Å². The predicted molar refractivity (Wildman–Crippen MR) is 209 cm³/mol. The zero-order chi connectivity index (χ0) is 34.7. The molecule has 0 radical (unpaired) electrons. The standard InChI is InChI=1S/C60H60/c1-2-3-5-7-6-4(2)51-45-9(6)12-13-10(7)11-8(5)38-31-26-14(11)17-16(13)18-15(12)35-32-27-21(18)20-19(17)22(26)24-25-23(20)28(27)33-37-30(25)34-29(24)36(31)42-46(38)52(3)58-54-49(42)44(34)50-43(37)48-40(33)39(32)47(41(35)45)53-55(48)59(56(50)54)60(1,58)57(51)53/h2-59H,1H2. The van der Waals surface area contributed by atoms with E-state index in [0.29, 0.717) is 0 Å². The fraction of sp³-hybridized carbons (Fsp3) is 1.00. The van der Waals surface area contributed by atoms with Gasteiger partial charge in [-0.25, -0.2) is 0 Å². The predicted octanol–water partition coefficient (Wildman–Crippen LogP) is 7.52. The molecule has 60 heavy (non-hydrogen) atoms. The molecule has 0 aromatic carbocycles. The summed E-state index contributed by atoms with van der Waals surface area (Å²) in [5.74, 6) is 77.2. The lowest BCUT2D eigenvalue weighted by molar-refractivity contribution is -0.282. The van der Waals surface area contributed by atoms with Gasteiger partial charge in [0.25, 0.3) is 0 Å². The van der Waals surface area contributed by atoms with Crippen molar-refractivity contribution in [3.8, 4) is 0 Å². The van der Waals surface area contributed by atoms with Crippen LogP contribution >= 0.6 is 0 Å². The highest BCUT2D eigenvalue weighted by Crippen LogP contribution is 3.07. The van der Waals surface area contributed by atoms with Gasteiger partial charge in [0.2, 0.25) is 0 Å². The van der Waals surface area contributed by atoms with Crippen LogP contribution in [0.15, 0.2) is 0 Å². The van der Waals surface area contributed by atoms with Crippen LogP contribution < -0.4 is 0 Å². The third kappa shape index (κ3) is 1.43. The van der Waals surface area contributed by atoms with Crippen molar-refractivity contribution in [1.29, 1.82) is 0 Å². The first-order chi connectivity index (χ1) is 30.0. The average Bonchev–Trinajstić information content (AvgIpc) is 4.10. The van der Waals surface area contributed by atoms with E-state index in [-0.39, 0.29) is 0 Å². The molecule has 0 N–H and O–H groups in total. The lowest BCUT2D eigenvalue weighted by Gasteiger charge is -2.75. The Balaban J connectivity index is 0.915. The molecule has 0 heteroatoms. The van der Waals surface area contributed by atoms with Gasteiger partial charge in [-0.15, -0.1) is 0 Å². The van der Waals surface area contributed by atoms with Crippen LogP contribution in [0.25, 0.3) is 0 Å². The number of rotatable bonds is 0. The van der Waals surface area contributed by atoms with Gasteiger partial charge in [0.05, 0.1) is 0 Å². The summed E-state index contributed by atoms with van der Waals surface area (Å²) in [7, 11) is 0. The first-order valence-electron chi connectivity index (χ1n) is 30.0. The van der Waals surface area contributed by atoms with E-state index in [0.717, 1.165) is 5.41 Å². The summed E-state index contributed by atoms with van der Waals surface area (Å²) in [6, 6.07) is 0. The van der Waals surface area contributed by atoms with Crippen LogP contribution in [-0.2, 0) is 0 Å². The van der Waals surface area contributed by atoms with Gasteiger partial charge < -0.3 is 0 Å². The molecule has 0 aromatic heterocycles. The summed E-state index contributed by atoms with van der Waals surface area (Å²) in [6.45, 7) is 0. The first-order valence-corrected chi connectivity index (χ1v) is 30.0. The molecular weight excluding hydrogens is 721 g/mol. The summed E-state index contributed by atoms with van der Waals surface area (Å²) in [5.41, 5.74) is 0.933. The maximum atomic E-state index is 1.96.